The quantitative estimate of drug-likeness (QED) is 0.696. The fourth-order valence-electron chi connectivity index (χ4n) is 0.898. The smallest absolute Gasteiger partial charge is 0.0539 e. The highest BCUT2D eigenvalue weighted by Crippen LogP contribution is 2.12. The number of hydrogen-bond acceptors (Lipinski definition) is 2. The van der Waals surface area contributed by atoms with Gasteiger partial charge in [0.2, 0.25) is 0 Å². The Morgan fingerprint density at radius 2 is 2.18 bits per heavy atom. The van der Waals surface area contributed by atoms with E-state index in [1.165, 1.54) is 5.56 Å². The Hall–Kier alpha value is -0.890. The molecule has 0 aliphatic rings. The van der Waals surface area contributed by atoms with Gasteiger partial charge in [-0.1, -0.05) is 19.9 Å². The van der Waals surface area contributed by atoms with Crippen LogP contribution in [-0.4, -0.2) is 4.98 Å². The van der Waals surface area contributed by atoms with Crippen molar-refractivity contribution < 1.29 is 0 Å². The number of hydrogen-bond donors (Lipinski definition) is 1. The molecule has 2 heteroatoms. The minimum atomic E-state index is 0.526. The molecule has 60 valence electrons. The van der Waals surface area contributed by atoms with E-state index in [0.717, 1.165) is 5.69 Å². The summed E-state index contributed by atoms with van der Waals surface area (Å²) in [6, 6.07) is 4.06. The molecule has 0 atom stereocenters. The van der Waals surface area contributed by atoms with E-state index in [4.69, 9.17) is 5.73 Å². The summed E-state index contributed by atoms with van der Waals surface area (Å²) < 4.78 is 0. The lowest BCUT2D eigenvalue weighted by molar-refractivity contribution is 0.849. The summed E-state index contributed by atoms with van der Waals surface area (Å²) in [5.74, 6) is 0.550. The van der Waals surface area contributed by atoms with Gasteiger partial charge in [-0.3, -0.25) is 4.98 Å². The Morgan fingerprint density at radius 1 is 1.45 bits per heavy atom. The van der Waals surface area contributed by atoms with Crippen LogP contribution in [0, 0.1) is 0 Å². The van der Waals surface area contributed by atoms with E-state index in [0.29, 0.717) is 12.5 Å². The van der Waals surface area contributed by atoms with Crippen molar-refractivity contribution in [1.82, 2.24) is 4.98 Å². The molecule has 0 aliphatic heterocycles. The van der Waals surface area contributed by atoms with Crippen molar-refractivity contribution in [2.45, 2.75) is 26.3 Å². The molecule has 0 spiro atoms. The highest BCUT2D eigenvalue weighted by molar-refractivity contribution is 5.16. The molecule has 0 amide bonds. The van der Waals surface area contributed by atoms with E-state index in [1.807, 2.05) is 12.3 Å². The van der Waals surface area contributed by atoms with Crippen LogP contribution in [0.2, 0.25) is 0 Å². The van der Waals surface area contributed by atoms with Gasteiger partial charge in [-0.2, -0.15) is 0 Å². The molecule has 0 bridgehead atoms. The van der Waals surface area contributed by atoms with Crippen LogP contribution in [0.25, 0.3) is 0 Å². The van der Waals surface area contributed by atoms with Crippen molar-refractivity contribution >= 4 is 0 Å². The van der Waals surface area contributed by atoms with Crippen LogP contribution >= 0.6 is 0 Å². The minimum Gasteiger partial charge on any atom is -0.325 e. The van der Waals surface area contributed by atoms with Gasteiger partial charge in [-0.15, -0.1) is 0 Å². The number of aromatic nitrogens is 1. The van der Waals surface area contributed by atoms with Gasteiger partial charge in [-0.25, -0.2) is 0 Å². The van der Waals surface area contributed by atoms with E-state index < -0.39 is 0 Å². The van der Waals surface area contributed by atoms with Gasteiger partial charge in [0.25, 0.3) is 0 Å². The highest BCUT2D eigenvalue weighted by Gasteiger charge is 1.97. The lowest BCUT2D eigenvalue weighted by Gasteiger charge is -2.04. The maximum Gasteiger partial charge on any atom is 0.0539 e. The van der Waals surface area contributed by atoms with Crippen molar-refractivity contribution in [3.63, 3.8) is 0 Å². The fourth-order valence-corrected chi connectivity index (χ4v) is 0.898. The van der Waals surface area contributed by atoms with Crippen LogP contribution < -0.4 is 5.73 Å². The van der Waals surface area contributed by atoms with Crippen molar-refractivity contribution in [2.24, 2.45) is 5.73 Å². The lowest BCUT2D eigenvalue weighted by Crippen LogP contribution is -1.99. The first-order chi connectivity index (χ1) is 5.24. The Kier molecular flexibility index (Phi) is 2.60. The molecule has 2 N–H and O–H groups in total. The molecule has 2 nitrogen and oxygen atoms in total. The maximum absolute atomic E-state index is 5.41. The third-order valence-corrected chi connectivity index (χ3v) is 1.72. The second-order valence-electron chi connectivity index (χ2n) is 2.94. The predicted molar refractivity (Wildman–Crippen MR) is 46.2 cm³/mol. The highest BCUT2D eigenvalue weighted by atomic mass is 14.7. The van der Waals surface area contributed by atoms with Gasteiger partial charge in [0, 0.05) is 12.7 Å². The average Bonchev–Trinajstić information content (AvgIpc) is 2.05. The largest absolute Gasteiger partial charge is 0.325 e. The van der Waals surface area contributed by atoms with Gasteiger partial charge in [-0.05, 0) is 17.5 Å². The molecule has 0 saturated heterocycles. The Balaban J connectivity index is 2.83. The van der Waals surface area contributed by atoms with Crippen LogP contribution in [0.5, 0.6) is 0 Å². The van der Waals surface area contributed by atoms with Crippen molar-refractivity contribution in [3.05, 3.63) is 29.6 Å². The lowest BCUT2D eigenvalue weighted by atomic mass is 10.1. The third kappa shape index (κ3) is 2.02. The molecule has 1 aromatic rings. The van der Waals surface area contributed by atoms with Crippen LogP contribution in [0.1, 0.15) is 31.0 Å². The molecular weight excluding hydrogens is 136 g/mol. The molecular formula is C9H14N2. The number of pyridine rings is 1. The normalized spacial score (nSPS) is 10.5. The van der Waals surface area contributed by atoms with E-state index in [2.05, 4.69) is 24.9 Å². The molecule has 0 aromatic carbocycles. The molecule has 0 aliphatic carbocycles. The minimum absolute atomic E-state index is 0.526. The van der Waals surface area contributed by atoms with Crippen LogP contribution in [0.15, 0.2) is 18.3 Å². The summed E-state index contributed by atoms with van der Waals surface area (Å²) in [6.45, 7) is 4.83. The van der Waals surface area contributed by atoms with Crippen LogP contribution in [0.3, 0.4) is 0 Å². The van der Waals surface area contributed by atoms with E-state index in [-0.39, 0.29) is 0 Å². The third-order valence-electron chi connectivity index (χ3n) is 1.72. The summed E-state index contributed by atoms with van der Waals surface area (Å²) in [5, 5.41) is 0. The summed E-state index contributed by atoms with van der Waals surface area (Å²) in [5.41, 5.74) is 7.63. The second kappa shape index (κ2) is 3.49. The number of nitrogens with two attached hydrogens (primary N) is 1. The molecule has 0 radical (unpaired) electrons. The van der Waals surface area contributed by atoms with E-state index in [9.17, 15) is 0 Å². The summed E-state index contributed by atoms with van der Waals surface area (Å²) in [4.78, 5) is 4.19. The zero-order chi connectivity index (χ0) is 8.27. The van der Waals surface area contributed by atoms with Gasteiger partial charge >= 0.3 is 0 Å². The van der Waals surface area contributed by atoms with Crippen LogP contribution in [0.4, 0.5) is 0 Å². The standard InChI is InChI=1S/C9H14N2/c1-7(2)8-3-4-9(5-10)11-6-8/h3-4,6-7H,5,10H2,1-2H3. The molecule has 1 aromatic heterocycles. The predicted octanol–water partition coefficient (Wildman–Crippen LogP) is 1.66. The maximum atomic E-state index is 5.41. The Morgan fingerprint density at radius 3 is 2.55 bits per heavy atom. The van der Waals surface area contributed by atoms with Gasteiger partial charge in [0.05, 0.1) is 5.69 Å². The molecule has 0 unspecified atom stereocenters. The van der Waals surface area contributed by atoms with Crippen molar-refractivity contribution in [1.29, 1.82) is 0 Å². The number of nitrogens with zero attached hydrogens (tertiary/aromatic N) is 1. The summed E-state index contributed by atoms with van der Waals surface area (Å²) >= 11 is 0. The van der Waals surface area contributed by atoms with Gasteiger partial charge < -0.3 is 5.73 Å². The first kappa shape index (κ1) is 8.21. The number of rotatable bonds is 2. The average molecular weight is 150 g/mol. The first-order valence-corrected chi connectivity index (χ1v) is 3.89. The van der Waals surface area contributed by atoms with Crippen molar-refractivity contribution in [3.8, 4) is 0 Å². The molecule has 11 heavy (non-hydrogen) atoms. The van der Waals surface area contributed by atoms with E-state index in [1.54, 1.807) is 0 Å². The van der Waals surface area contributed by atoms with Crippen LogP contribution in [-0.2, 0) is 6.54 Å². The SMILES string of the molecule is CC(C)c1ccc(CN)nc1. The molecule has 1 heterocycles. The van der Waals surface area contributed by atoms with Crippen molar-refractivity contribution in [2.75, 3.05) is 0 Å². The van der Waals surface area contributed by atoms with E-state index >= 15 is 0 Å². The van der Waals surface area contributed by atoms with Gasteiger partial charge in [0.15, 0.2) is 0 Å². The first-order valence-electron chi connectivity index (χ1n) is 3.89. The second-order valence-corrected chi connectivity index (χ2v) is 2.94. The Bertz CT molecular complexity index is 214. The summed E-state index contributed by atoms with van der Waals surface area (Å²) in [6.07, 6.45) is 1.90. The zero-order valence-corrected chi connectivity index (χ0v) is 7.04. The Labute approximate surface area is 67.5 Å². The molecule has 0 saturated carbocycles. The molecule has 0 fully saturated rings. The summed E-state index contributed by atoms with van der Waals surface area (Å²) in [7, 11) is 0. The topological polar surface area (TPSA) is 38.9 Å². The monoisotopic (exact) mass is 150 g/mol. The fraction of sp³-hybridized carbons (Fsp3) is 0.444. The zero-order valence-electron chi connectivity index (χ0n) is 7.04. The van der Waals surface area contributed by atoms with Gasteiger partial charge in [0.1, 0.15) is 0 Å². The molecule has 1 rings (SSSR count).